The molecule has 0 spiro atoms. The lowest BCUT2D eigenvalue weighted by atomic mass is 9.98. The van der Waals surface area contributed by atoms with Gasteiger partial charge in [0.25, 0.3) is 0 Å². The van der Waals surface area contributed by atoms with Crippen molar-refractivity contribution in [2.45, 2.75) is 58.5 Å². The molecular formula is C16H27IN4S. The summed E-state index contributed by atoms with van der Waals surface area (Å²) in [4.78, 5) is 9.34. The van der Waals surface area contributed by atoms with E-state index in [1.807, 2.05) is 0 Å². The van der Waals surface area contributed by atoms with E-state index in [1.54, 1.807) is 11.3 Å². The van der Waals surface area contributed by atoms with E-state index < -0.39 is 0 Å². The van der Waals surface area contributed by atoms with Gasteiger partial charge in [0.2, 0.25) is 0 Å². The fourth-order valence-corrected chi connectivity index (χ4v) is 3.03. The maximum absolute atomic E-state index is 4.69. The van der Waals surface area contributed by atoms with Gasteiger partial charge in [-0.2, -0.15) is 0 Å². The molecule has 0 saturated heterocycles. The van der Waals surface area contributed by atoms with E-state index in [4.69, 9.17) is 0 Å². The van der Waals surface area contributed by atoms with Crippen LogP contribution in [0.2, 0.25) is 0 Å². The van der Waals surface area contributed by atoms with Crippen LogP contribution in [0.1, 0.15) is 51.2 Å². The van der Waals surface area contributed by atoms with E-state index >= 15 is 0 Å². The van der Waals surface area contributed by atoms with Crippen LogP contribution < -0.4 is 10.6 Å². The number of hydrogen-bond acceptors (Lipinski definition) is 3. The Labute approximate surface area is 154 Å². The van der Waals surface area contributed by atoms with Gasteiger partial charge >= 0.3 is 0 Å². The molecule has 1 aromatic heterocycles. The summed E-state index contributed by atoms with van der Waals surface area (Å²) in [6.45, 7) is 10.2. The largest absolute Gasteiger partial charge is 0.357 e. The van der Waals surface area contributed by atoms with Gasteiger partial charge in [0.15, 0.2) is 5.96 Å². The summed E-state index contributed by atoms with van der Waals surface area (Å²) in [5.41, 5.74) is 1.16. The molecule has 0 unspecified atom stereocenters. The molecule has 2 N–H and O–H groups in total. The molecule has 22 heavy (non-hydrogen) atoms. The van der Waals surface area contributed by atoms with E-state index in [9.17, 15) is 0 Å². The number of nitrogens with one attached hydrogen (secondary N) is 2. The smallest absolute Gasteiger partial charge is 0.191 e. The second kappa shape index (κ2) is 8.86. The highest BCUT2D eigenvalue weighted by molar-refractivity contribution is 14.0. The van der Waals surface area contributed by atoms with Gasteiger partial charge in [-0.15, -0.1) is 35.3 Å². The van der Waals surface area contributed by atoms with Gasteiger partial charge in [-0.1, -0.05) is 32.9 Å². The number of aromatic nitrogens is 1. The van der Waals surface area contributed by atoms with E-state index in [-0.39, 0.29) is 29.4 Å². The molecule has 0 bridgehead atoms. The topological polar surface area (TPSA) is 49.3 Å². The van der Waals surface area contributed by atoms with Crippen LogP contribution >= 0.6 is 35.3 Å². The second-order valence-electron chi connectivity index (χ2n) is 6.37. The zero-order chi connectivity index (χ0) is 15.3. The predicted molar refractivity (Wildman–Crippen MR) is 106 cm³/mol. The molecule has 4 nitrogen and oxygen atoms in total. The summed E-state index contributed by atoms with van der Waals surface area (Å²) >= 11 is 1.72. The molecule has 1 aromatic rings. The van der Waals surface area contributed by atoms with Gasteiger partial charge in [-0.25, -0.2) is 9.98 Å². The average molecular weight is 434 g/mol. The molecule has 0 saturated carbocycles. The third kappa shape index (κ3) is 5.87. The normalized spacial score (nSPS) is 15.7. The Morgan fingerprint density at radius 1 is 1.36 bits per heavy atom. The fraction of sp³-hybridized carbons (Fsp3) is 0.625. The Morgan fingerprint density at radius 3 is 2.59 bits per heavy atom. The number of hydrogen-bond donors (Lipinski definition) is 2. The average Bonchev–Trinajstić information content (AvgIpc) is 3.06. The van der Waals surface area contributed by atoms with E-state index in [1.165, 1.54) is 5.01 Å². The van der Waals surface area contributed by atoms with Crippen LogP contribution in [0, 0.1) is 0 Å². The molecule has 0 aromatic carbocycles. The Balaban J connectivity index is 0.00000242. The lowest BCUT2D eigenvalue weighted by Crippen LogP contribution is -2.42. The summed E-state index contributed by atoms with van der Waals surface area (Å²) < 4.78 is 0. The Kier molecular flexibility index (Phi) is 7.82. The molecule has 0 fully saturated rings. The van der Waals surface area contributed by atoms with Crippen LogP contribution in [-0.2, 0) is 12.0 Å². The van der Waals surface area contributed by atoms with Crippen molar-refractivity contribution >= 4 is 41.3 Å². The molecule has 1 aliphatic carbocycles. The predicted octanol–water partition coefficient (Wildman–Crippen LogP) is 3.83. The quantitative estimate of drug-likeness (QED) is 0.328. The molecule has 1 aliphatic rings. The van der Waals surface area contributed by atoms with Crippen molar-refractivity contribution in [1.82, 2.24) is 15.6 Å². The van der Waals surface area contributed by atoms with Gasteiger partial charge in [0.1, 0.15) is 0 Å². The maximum Gasteiger partial charge on any atom is 0.191 e. The number of nitrogens with zero attached hydrogens (tertiary/aromatic N) is 2. The van der Waals surface area contributed by atoms with Crippen LogP contribution in [0.3, 0.4) is 0 Å². The van der Waals surface area contributed by atoms with Gasteiger partial charge in [0, 0.05) is 23.4 Å². The highest BCUT2D eigenvalue weighted by Crippen LogP contribution is 2.25. The van der Waals surface area contributed by atoms with Gasteiger partial charge in [0.05, 0.1) is 17.2 Å². The Hall–Kier alpha value is -0.630. The van der Waals surface area contributed by atoms with E-state index in [2.05, 4.69) is 65.8 Å². The Morgan fingerprint density at radius 2 is 2.05 bits per heavy atom. The molecule has 0 radical (unpaired) electrons. The number of aliphatic imine (C=N–C) groups is 1. The molecule has 2 rings (SSSR count). The third-order valence-corrected chi connectivity index (χ3v) is 4.60. The van der Waals surface area contributed by atoms with Crippen LogP contribution in [-0.4, -0.2) is 23.5 Å². The van der Waals surface area contributed by atoms with Crippen molar-refractivity contribution in [2.24, 2.45) is 4.99 Å². The van der Waals surface area contributed by atoms with Crippen LogP contribution in [0.5, 0.6) is 0 Å². The summed E-state index contributed by atoms with van der Waals surface area (Å²) in [6, 6.07) is 0.475. The number of halogens is 1. The minimum atomic E-state index is 0. The highest BCUT2D eigenvalue weighted by atomic mass is 127. The van der Waals surface area contributed by atoms with Crippen molar-refractivity contribution in [3.63, 3.8) is 0 Å². The SMILES string of the molecule is CCNC(=NCc1csc(C(C)(C)C)n1)NC1CC=CC1.I. The Bertz CT molecular complexity index is 508. The molecular weight excluding hydrogens is 407 g/mol. The first-order valence-electron chi connectivity index (χ1n) is 7.63. The van der Waals surface area contributed by atoms with Crippen molar-refractivity contribution in [3.05, 3.63) is 28.2 Å². The zero-order valence-electron chi connectivity index (χ0n) is 13.8. The minimum absolute atomic E-state index is 0. The summed E-state index contributed by atoms with van der Waals surface area (Å²) in [5, 5.41) is 10.1. The zero-order valence-corrected chi connectivity index (χ0v) is 17.0. The summed E-state index contributed by atoms with van der Waals surface area (Å²) in [6.07, 6.45) is 6.60. The van der Waals surface area contributed by atoms with Crippen LogP contribution in [0.25, 0.3) is 0 Å². The lowest BCUT2D eigenvalue weighted by molar-refractivity contribution is 0.583. The van der Waals surface area contributed by atoms with E-state index in [0.29, 0.717) is 12.6 Å². The fourth-order valence-electron chi connectivity index (χ4n) is 2.13. The van der Waals surface area contributed by atoms with Crippen molar-refractivity contribution in [3.8, 4) is 0 Å². The second-order valence-corrected chi connectivity index (χ2v) is 7.23. The molecule has 0 atom stereocenters. The first-order chi connectivity index (χ1) is 9.99. The number of thiazole rings is 1. The van der Waals surface area contributed by atoms with Crippen LogP contribution in [0.4, 0.5) is 0 Å². The summed E-state index contributed by atoms with van der Waals surface area (Å²) in [7, 11) is 0. The van der Waals surface area contributed by atoms with Crippen molar-refractivity contribution in [2.75, 3.05) is 6.54 Å². The minimum Gasteiger partial charge on any atom is -0.357 e. The summed E-state index contributed by atoms with van der Waals surface area (Å²) in [5.74, 6) is 0.886. The maximum atomic E-state index is 4.69. The van der Waals surface area contributed by atoms with E-state index in [0.717, 1.165) is 31.0 Å². The van der Waals surface area contributed by atoms with Crippen LogP contribution in [0.15, 0.2) is 22.5 Å². The van der Waals surface area contributed by atoms with Crippen molar-refractivity contribution in [1.29, 1.82) is 0 Å². The third-order valence-electron chi connectivity index (χ3n) is 3.29. The number of guanidine groups is 1. The van der Waals surface area contributed by atoms with Gasteiger partial charge in [-0.3, -0.25) is 0 Å². The first kappa shape index (κ1) is 19.4. The van der Waals surface area contributed by atoms with Gasteiger partial charge in [-0.05, 0) is 19.8 Å². The molecule has 0 aliphatic heterocycles. The van der Waals surface area contributed by atoms with Crippen molar-refractivity contribution < 1.29 is 0 Å². The van der Waals surface area contributed by atoms with Gasteiger partial charge < -0.3 is 10.6 Å². The first-order valence-corrected chi connectivity index (χ1v) is 8.51. The molecule has 0 amide bonds. The monoisotopic (exact) mass is 434 g/mol. The molecule has 1 heterocycles. The number of rotatable bonds is 4. The molecule has 124 valence electrons. The molecule has 6 heteroatoms. The lowest BCUT2D eigenvalue weighted by Gasteiger charge is -2.16. The standard InChI is InChI=1S/C16H26N4S.HI/c1-5-17-15(20-12-8-6-7-9-12)18-10-13-11-21-14(19-13)16(2,3)4;/h6-7,11-12H,5,8-10H2,1-4H3,(H2,17,18,20);1H. The highest BCUT2D eigenvalue weighted by Gasteiger charge is 2.18.